The molecule has 1 aromatic heterocycles. The Morgan fingerprint density at radius 2 is 2.14 bits per heavy atom. The topological polar surface area (TPSA) is 54.9 Å². The summed E-state index contributed by atoms with van der Waals surface area (Å²) < 4.78 is 1.02. The third-order valence-corrected chi connectivity index (χ3v) is 2.16. The van der Waals surface area contributed by atoms with E-state index in [-0.39, 0.29) is 11.5 Å². The second kappa shape index (κ2) is 2.83. The molecule has 0 saturated carbocycles. The summed E-state index contributed by atoms with van der Waals surface area (Å²) in [5.74, 6) is -0.302. The maximum absolute atomic E-state index is 11.6. The maximum atomic E-state index is 11.6. The Morgan fingerprint density at radius 3 is 2.79 bits per heavy atom. The Kier molecular flexibility index (Phi) is 1.77. The first-order valence-electron chi connectivity index (χ1n) is 4.32. The normalized spacial score (nSPS) is 10.7. The average Bonchev–Trinajstić information content (AvgIpc) is 2.44. The lowest BCUT2D eigenvalue weighted by atomic mass is 10.2. The van der Waals surface area contributed by atoms with Gasteiger partial charge in [-0.15, -0.1) is 0 Å². The van der Waals surface area contributed by atoms with Gasteiger partial charge in [0.1, 0.15) is 0 Å². The van der Waals surface area contributed by atoms with Crippen LogP contribution in [0.5, 0.6) is 0 Å². The summed E-state index contributed by atoms with van der Waals surface area (Å²) >= 11 is 0. The van der Waals surface area contributed by atoms with E-state index in [0.29, 0.717) is 10.9 Å². The van der Waals surface area contributed by atoms with Crippen LogP contribution in [-0.2, 0) is 0 Å². The number of fused-ring (bicyclic) bond motifs is 1. The lowest BCUT2D eigenvalue weighted by Crippen LogP contribution is -2.21. The largest absolute Gasteiger partial charge is 0.288 e. The molecule has 0 unspecified atom stereocenters. The van der Waals surface area contributed by atoms with Crippen LogP contribution >= 0.6 is 0 Å². The fourth-order valence-corrected chi connectivity index (χ4v) is 1.45. The van der Waals surface area contributed by atoms with Gasteiger partial charge in [0.2, 0.25) is 5.91 Å². The van der Waals surface area contributed by atoms with Gasteiger partial charge in [0.25, 0.3) is 5.56 Å². The number of aromatic nitrogens is 2. The number of rotatable bonds is 0. The van der Waals surface area contributed by atoms with E-state index in [1.165, 1.54) is 6.92 Å². The molecule has 0 bridgehead atoms. The number of carbonyl (C=O) groups excluding carboxylic acids is 1. The molecule has 4 heteroatoms. The lowest BCUT2D eigenvalue weighted by molar-refractivity contribution is 0.0918. The molecule has 14 heavy (non-hydrogen) atoms. The van der Waals surface area contributed by atoms with Crippen LogP contribution in [0.1, 0.15) is 17.3 Å². The summed E-state index contributed by atoms with van der Waals surface area (Å²) in [7, 11) is 0. The molecular formula is C10H10N2O2. The van der Waals surface area contributed by atoms with Crippen molar-refractivity contribution < 1.29 is 4.79 Å². The standard InChI is InChI=1S/C10H10N2O2/c1-6-3-4-9-8(5-6)10(14)12(11-9)7(2)13/h3-5,11H,1-2H3. The van der Waals surface area contributed by atoms with Gasteiger partial charge >= 0.3 is 0 Å². The molecule has 0 spiro atoms. The van der Waals surface area contributed by atoms with Crippen molar-refractivity contribution in [1.82, 2.24) is 9.78 Å². The minimum absolute atomic E-state index is 0.281. The van der Waals surface area contributed by atoms with E-state index in [1.54, 1.807) is 12.1 Å². The Balaban J connectivity index is 2.88. The van der Waals surface area contributed by atoms with Crippen LogP contribution in [0.15, 0.2) is 23.0 Å². The number of hydrogen-bond donors (Lipinski definition) is 1. The number of nitrogens with one attached hydrogen (secondary N) is 1. The first kappa shape index (κ1) is 8.74. The maximum Gasteiger partial charge on any atom is 0.281 e. The molecule has 0 aliphatic carbocycles. The van der Waals surface area contributed by atoms with E-state index >= 15 is 0 Å². The van der Waals surface area contributed by atoms with E-state index in [9.17, 15) is 9.59 Å². The van der Waals surface area contributed by atoms with Crippen molar-refractivity contribution in [2.75, 3.05) is 0 Å². The minimum atomic E-state index is -0.302. The summed E-state index contributed by atoms with van der Waals surface area (Å²) in [4.78, 5) is 22.7. The van der Waals surface area contributed by atoms with Crippen LogP contribution in [0.25, 0.3) is 10.9 Å². The van der Waals surface area contributed by atoms with Gasteiger partial charge in [-0.2, -0.15) is 4.68 Å². The molecule has 1 heterocycles. The Hall–Kier alpha value is -1.84. The SMILES string of the molecule is CC(=O)n1[nH]c2ccc(C)cc2c1=O. The summed E-state index contributed by atoms with van der Waals surface area (Å²) in [6.07, 6.45) is 0. The van der Waals surface area contributed by atoms with Crippen LogP contribution in [0.4, 0.5) is 0 Å². The molecule has 0 saturated heterocycles. The number of carbonyl (C=O) groups is 1. The smallest absolute Gasteiger partial charge is 0.281 e. The summed E-state index contributed by atoms with van der Waals surface area (Å²) in [6, 6.07) is 5.46. The van der Waals surface area contributed by atoms with Gasteiger partial charge in [-0.1, -0.05) is 11.6 Å². The van der Waals surface area contributed by atoms with Crippen LogP contribution in [-0.4, -0.2) is 15.7 Å². The van der Waals surface area contributed by atoms with E-state index in [1.807, 2.05) is 13.0 Å². The third kappa shape index (κ3) is 1.16. The highest BCUT2D eigenvalue weighted by molar-refractivity contribution is 5.84. The lowest BCUT2D eigenvalue weighted by Gasteiger charge is -1.90. The van der Waals surface area contributed by atoms with E-state index < -0.39 is 0 Å². The number of nitrogens with zero attached hydrogens (tertiary/aromatic N) is 1. The average molecular weight is 190 g/mol. The molecule has 0 aliphatic heterocycles. The molecule has 72 valence electrons. The molecule has 0 atom stereocenters. The van der Waals surface area contributed by atoms with Crippen LogP contribution in [0.3, 0.4) is 0 Å². The molecule has 0 radical (unpaired) electrons. The van der Waals surface area contributed by atoms with Crippen molar-refractivity contribution in [3.8, 4) is 0 Å². The van der Waals surface area contributed by atoms with Gasteiger partial charge < -0.3 is 0 Å². The van der Waals surface area contributed by atoms with Crippen molar-refractivity contribution in [3.05, 3.63) is 34.1 Å². The highest BCUT2D eigenvalue weighted by Crippen LogP contribution is 2.09. The number of H-pyrrole nitrogens is 1. The van der Waals surface area contributed by atoms with Crippen molar-refractivity contribution in [2.24, 2.45) is 0 Å². The molecule has 0 amide bonds. The highest BCUT2D eigenvalue weighted by Gasteiger charge is 2.08. The Labute approximate surface area is 80.1 Å². The van der Waals surface area contributed by atoms with E-state index in [4.69, 9.17) is 0 Å². The van der Waals surface area contributed by atoms with Gasteiger partial charge in [0.05, 0.1) is 10.9 Å². The quantitative estimate of drug-likeness (QED) is 0.680. The summed E-state index contributed by atoms with van der Waals surface area (Å²) in [5.41, 5.74) is 1.41. The summed E-state index contributed by atoms with van der Waals surface area (Å²) in [5, 5.41) is 3.30. The molecule has 1 N–H and O–H groups in total. The second-order valence-corrected chi connectivity index (χ2v) is 3.32. The highest BCUT2D eigenvalue weighted by atomic mass is 16.2. The zero-order valence-electron chi connectivity index (χ0n) is 8.00. The molecule has 2 aromatic rings. The molecule has 0 aliphatic rings. The van der Waals surface area contributed by atoms with Gasteiger partial charge in [-0.3, -0.25) is 14.7 Å². The van der Waals surface area contributed by atoms with Gasteiger partial charge in [-0.05, 0) is 19.1 Å². The first-order chi connectivity index (χ1) is 6.59. The zero-order valence-corrected chi connectivity index (χ0v) is 8.00. The van der Waals surface area contributed by atoms with Crippen molar-refractivity contribution in [3.63, 3.8) is 0 Å². The van der Waals surface area contributed by atoms with Crippen molar-refractivity contribution in [2.45, 2.75) is 13.8 Å². The van der Waals surface area contributed by atoms with Crippen molar-refractivity contribution >= 4 is 16.8 Å². The van der Waals surface area contributed by atoms with Crippen LogP contribution in [0, 0.1) is 6.92 Å². The fraction of sp³-hybridized carbons (Fsp3) is 0.200. The number of benzene rings is 1. The fourth-order valence-electron chi connectivity index (χ4n) is 1.45. The molecule has 2 rings (SSSR count). The molecular weight excluding hydrogens is 180 g/mol. The number of aromatic amines is 1. The van der Waals surface area contributed by atoms with Crippen LogP contribution < -0.4 is 5.56 Å². The number of aryl methyl sites for hydroxylation is 1. The van der Waals surface area contributed by atoms with Gasteiger partial charge in [0.15, 0.2) is 0 Å². The Morgan fingerprint density at radius 1 is 1.43 bits per heavy atom. The monoisotopic (exact) mass is 190 g/mol. The predicted molar refractivity (Wildman–Crippen MR) is 53.6 cm³/mol. The van der Waals surface area contributed by atoms with E-state index in [0.717, 1.165) is 10.2 Å². The second-order valence-electron chi connectivity index (χ2n) is 3.32. The first-order valence-corrected chi connectivity index (χ1v) is 4.32. The third-order valence-electron chi connectivity index (χ3n) is 2.16. The minimum Gasteiger partial charge on any atom is -0.288 e. The number of hydrogen-bond acceptors (Lipinski definition) is 2. The van der Waals surface area contributed by atoms with Crippen molar-refractivity contribution in [1.29, 1.82) is 0 Å². The van der Waals surface area contributed by atoms with E-state index in [2.05, 4.69) is 5.10 Å². The summed E-state index contributed by atoms with van der Waals surface area (Å²) in [6.45, 7) is 3.26. The van der Waals surface area contributed by atoms with Gasteiger partial charge in [0, 0.05) is 6.92 Å². The predicted octanol–water partition coefficient (Wildman–Crippen LogP) is 1.30. The zero-order chi connectivity index (χ0) is 10.3. The van der Waals surface area contributed by atoms with Crippen LogP contribution in [0.2, 0.25) is 0 Å². The molecule has 0 fully saturated rings. The Bertz CT molecular complexity index is 563. The van der Waals surface area contributed by atoms with Gasteiger partial charge in [-0.25, -0.2) is 0 Å². The molecule has 1 aromatic carbocycles. The molecule has 4 nitrogen and oxygen atoms in total.